The molecule has 0 radical (unpaired) electrons. The van der Waals surface area contributed by atoms with E-state index in [9.17, 15) is 22.8 Å². The van der Waals surface area contributed by atoms with E-state index >= 15 is 0 Å². The molecule has 0 aliphatic carbocycles. The molecule has 0 aromatic carbocycles. The number of thioether (sulfide) groups is 2. The summed E-state index contributed by atoms with van der Waals surface area (Å²) in [6.45, 7) is 2.68. The maximum absolute atomic E-state index is 13.0. The molecule has 0 bridgehead atoms. The summed E-state index contributed by atoms with van der Waals surface area (Å²) >= 11 is 1.53. The fourth-order valence-corrected chi connectivity index (χ4v) is 2.77. The molecule has 20 heavy (non-hydrogen) atoms. The van der Waals surface area contributed by atoms with Crippen molar-refractivity contribution in [2.24, 2.45) is 0 Å². The Morgan fingerprint density at radius 2 is 1.45 bits per heavy atom. The lowest BCUT2D eigenvalue weighted by Crippen LogP contribution is -2.19. The van der Waals surface area contributed by atoms with Crippen molar-refractivity contribution in [1.82, 2.24) is 4.98 Å². The van der Waals surface area contributed by atoms with Crippen LogP contribution in [-0.4, -0.2) is 27.7 Å². The highest BCUT2D eigenvalue weighted by atomic mass is 32.2. The van der Waals surface area contributed by atoms with Crippen molar-refractivity contribution in [3.63, 3.8) is 0 Å². The van der Waals surface area contributed by atoms with Gasteiger partial charge in [-0.15, -0.1) is 0 Å². The average molecular weight is 323 g/mol. The first-order valence-corrected chi connectivity index (χ1v) is 7.85. The molecule has 0 amide bonds. The van der Waals surface area contributed by atoms with E-state index in [0.717, 1.165) is 11.8 Å². The predicted octanol–water partition coefficient (Wildman–Crippen LogP) is 3.72. The normalized spacial score (nSPS) is 11.6. The van der Waals surface area contributed by atoms with Crippen molar-refractivity contribution in [3.05, 3.63) is 28.1 Å². The molecule has 0 saturated carbocycles. The van der Waals surface area contributed by atoms with E-state index in [1.165, 1.54) is 26.4 Å². The van der Waals surface area contributed by atoms with Crippen LogP contribution in [0.5, 0.6) is 0 Å². The van der Waals surface area contributed by atoms with Gasteiger partial charge in [-0.1, -0.05) is 23.5 Å². The van der Waals surface area contributed by atoms with Crippen molar-refractivity contribution >= 4 is 33.8 Å². The molecule has 1 aromatic heterocycles. The van der Waals surface area contributed by atoms with Crippen molar-refractivity contribution in [2.45, 2.75) is 20.0 Å². The quantitative estimate of drug-likeness (QED) is 0.830. The van der Waals surface area contributed by atoms with Crippen LogP contribution in [0.15, 0.2) is 0 Å². The van der Waals surface area contributed by atoms with Crippen LogP contribution in [0.25, 0.3) is 0 Å². The minimum atomic E-state index is -4.74. The summed E-state index contributed by atoms with van der Waals surface area (Å²) in [7, 11) is 0. The van der Waals surface area contributed by atoms with Gasteiger partial charge in [0.15, 0.2) is 5.69 Å². The van der Waals surface area contributed by atoms with Crippen LogP contribution in [0.4, 0.5) is 13.2 Å². The first kappa shape index (κ1) is 17.0. The SMILES string of the molecule is CSC(=O)c1c(C)nc(C(F)(F)F)c(C(=O)SC)c1C. The molecular formula is C12H12F3NO2S2. The minimum Gasteiger partial charge on any atom is -0.282 e. The molecule has 1 rings (SSSR count). The van der Waals surface area contributed by atoms with Gasteiger partial charge in [0.25, 0.3) is 0 Å². The zero-order valence-corrected chi connectivity index (χ0v) is 12.8. The average Bonchev–Trinajstić information content (AvgIpc) is 2.35. The van der Waals surface area contributed by atoms with Gasteiger partial charge in [-0.25, -0.2) is 4.98 Å². The van der Waals surface area contributed by atoms with Crippen LogP contribution in [0, 0.1) is 13.8 Å². The Hall–Kier alpha value is -1.02. The Morgan fingerprint density at radius 3 is 1.85 bits per heavy atom. The van der Waals surface area contributed by atoms with E-state index < -0.39 is 27.7 Å². The first-order chi connectivity index (χ1) is 9.15. The molecule has 0 atom stereocenters. The topological polar surface area (TPSA) is 47.0 Å². The van der Waals surface area contributed by atoms with Gasteiger partial charge in [0.2, 0.25) is 10.2 Å². The summed E-state index contributed by atoms with van der Waals surface area (Å²) in [5.41, 5.74) is -1.68. The molecule has 0 saturated heterocycles. The Morgan fingerprint density at radius 1 is 1.00 bits per heavy atom. The van der Waals surface area contributed by atoms with Crippen molar-refractivity contribution in [2.75, 3.05) is 12.5 Å². The molecule has 1 aromatic rings. The second-order valence-electron chi connectivity index (χ2n) is 3.90. The smallest absolute Gasteiger partial charge is 0.282 e. The molecule has 3 nitrogen and oxygen atoms in total. The number of rotatable bonds is 2. The summed E-state index contributed by atoms with van der Waals surface area (Å²) in [4.78, 5) is 27.0. The van der Waals surface area contributed by atoms with Gasteiger partial charge in [-0.2, -0.15) is 13.2 Å². The Bertz CT molecular complexity index is 571. The number of aromatic nitrogens is 1. The number of hydrogen-bond donors (Lipinski definition) is 0. The highest BCUT2D eigenvalue weighted by Gasteiger charge is 2.39. The molecule has 0 aliphatic heterocycles. The molecule has 1 heterocycles. The molecule has 0 spiro atoms. The second-order valence-corrected chi connectivity index (χ2v) is 5.46. The number of pyridine rings is 1. The first-order valence-electron chi connectivity index (χ1n) is 5.40. The van der Waals surface area contributed by atoms with E-state index in [1.54, 1.807) is 0 Å². The largest absolute Gasteiger partial charge is 0.434 e. The molecular weight excluding hydrogens is 311 g/mol. The lowest BCUT2D eigenvalue weighted by molar-refractivity contribution is -0.141. The standard InChI is InChI=1S/C12H12F3NO2S2/c1-5-7(10(17)19-3)6(2)16-9(12(13,14)15)8(5)11(18)20-4/h1-4H3. The van der Waals surface area contributed by atoms with Crippen LogP contribution in [0.2, 0.25) is 0 Å². The number of alkyl halides is 3. The van der Waals surface area contributed by atoms with E-state index in [4.69, 9.17) is 0 Å². The summed E-state index contributed by atoms with van der Waals surface area (Å²) in [6.07, 6.45) is -1.83. The Labute approximate surface area is 122 Å². The molecule has 0 N–H and O–H groups in total. The van der Waals surface area contributed by atoms with Crippen LogP contribution in [-0.2, 0) is 6.18 Å². The molecule has 110 valence electrons. The van der Waals surface area contributed by atoms with Crippen molar-refractivity contribution < 1.29 is 22.8 Å². The van der Waals surface area contributed by atoms with Gasteiger partial charge in [-0.3, -0.25) is 9.59 Å². The zero-order chi connectivity index (χ0) is 15.7. The van der Waals surface area contributed by atoms with E-state index in [0.29, 0.717) is 11.8 Å². The van der Waals surface area contributed by atoms with Crippen LogP contribution < -0.4 is 0 Å². The van der Waals surface area contributed by atoms with Crippen molar-refractivity contribution in [1.29, 1.82) is 0 Å². The number of halogens is 3. The third kappa shape index (κ3) is 3.17. The maximum Gasteiger partial charge on any atom is 0.434 e. The lowest BCUT2D eigenvalue weighted by atomic mass is 10.0. The van der Waals surface area contributed by atoms with Gasteiger partial charge in [-0.05, 0) is 31.9 Å². The molecule has 0 fully saturated rings. The summed E-state index contributed by atoms with van der Waals surface area (Å²) < 4.78 is 39.0. The van der Waals surface area contributed by atoms with Gasteiger partial charge < -0.3 is 0 Å². The van der Waals surface area contributed by atoms with Gasteiger partial charge in [0, 0.05) is 5.69 Å². The number of aryl methyl sites for hydroxylation is 1. The van der Waals surface area contributed by atoms with Gasteiger partial charge in [0.1, 0.15) is 0 Å². The highest BCUT2D eigenvalue weighted by molar-refractivity contribution is 8.13. The molecule has 0 unspecified atom stereocenters. The summed E-state index contributed by atoms with van der Waals surface area (Å²) in [5, 5.41) is -1.16. The number of hydrogen-bond acceptors (Lipinski definition) is 5. The number of carbonyl (C=O) groups is 2. The highest BCUT2D eigenvalue weighted by Crippen LogP contribution is 2.35. The predicted molar refractivity (Wildman–Crippen MR) is 74.4 cm³/mol. The lowest BCUT2D eigenvalue weighted by Gasteiger charge is -2.17. The Balaban J connectivity index is 3.75. The zero-order valence-electron chi connectivity index (χ0n) is 11.2. The van der Waals surface area contributed by atoms with Gasteiger partial charge in [0.05, 0.1) is 11.1 Å². The van der Waals surface area contributed by atoms with E-state index in [1.807, 2.05) is 0 Å². The fourth-order valence-electron chi connectivity index (χ4n) is 1.81. The van der Waals surface area contributed by atoms with Crippen molar-refractivity contribution in [3.8, 4) is 0 Å². The summed E-state index contributed by atoms with van der Waals surface area (Å²) in [5.74, 6) is 0. The van der Waals surface area contributed by atoms with E-state index in [-0.39, 0.29) is 16.8 Å². The molecule has 0 aliphatic rings. The minimum absolute atomic E-state index is 0.0215. The van der Waals surface area contributed by atoms with Crippen LogP contribution >= 0.6 is 23.5 Å². The fraction of sp³-hybridized carbons (Fsp3) is 0.417. The van der Waals surface area contributed by atoms with Gasteiger partial charge >= 0.3 is 6.18 Å². The molecule has 8 heteroatoms. The van der Waals surface area contributed by atoms with Crippen LogP contribution in [0.1, 0.15) is 37.7 Å². The summed E-state index contributed by atoms with van der Waals surface area (Å²) in [6, 6.07) is 0. The number of nitrogens with zero attached hydrogens (tertiary/aromatic N) is 1. The monoisotopic (exact) mass is 323 g/mol. The number of carbonyl (C=O) groups excluding carboxylic acids is 2. The maximum atomic E-state index is 13.0. The van der Waals surface area contributed by atoms with Crippen LogP contribution in [0.3, 0.4) is 0 Å². The third-order valence-electron chi connectivity index (χ3n) is 2.68. The second kappa shape index (κ2) is 6.17. The Kier molecular flexibility index (Phi) is 5.26. The van der Waals surface area contributed by atoms with E-state index in [2.05, 4.69) is 4.98 Å². The third-order valence-corrected chi connectivity index (χ3v) is 3.83.